The number of pyridine rings is 1. The Bertz CT molecular complexity index is 475. The summed E-state index contributed by atoms with van der Waals surface area (Å²) in [4.78, 5) is 12.7. The summed E-state index contributed by atoms with van der Waals surface area (Å²) in [6, 6.07) is 5.71. The quantitative estimate of drug-likeness (QED) is 0.775. The van der Waals surface area contributed by atoms with Crippen molar-refractivity contribution in [2.24, 2.45) is 0 Å². The van der Waals surface area contributed by atoms with E-state index in [2.05, 4.69) is 20.3 Å². The molecule has 0 aliphatic rings. The molecule has 1 N–H and O–H groups in total. The Morgan fingerprint density at radius 2 is 2.00 bits per heavy atom. The molecule has 2 heterocycles. The molecule has 0 radical (unpaired) electrons. The molecule has 0 bridgehead atoms. The Labute approximate surface area is 106 Å². The monoisotopic (exact) mass is 244 g/mol. The van der Waals surface area contributed by atoms with E-state index < -0.39 is 0 Å². The summed E-state index contributed by atoms with van der Waals surface area (Å²) in [6.45, 7) is 2.22. The van der Waals surface area contributed by atoms with Gasteiger partial charge in [0.15, 0.2) is 5.82 Å². The lowest BCUT2D eigenvalue weighted by atomic mass is 10.2. The molecular weight excluding hydrogens is 228 g/mol. The van der Waals surface area contributed by atoms with Crippen LogP contribution in [-0.2, 0) is 11.3 Å². The summed E-state index contributed by atoms with van der Waals surface area (Å²) in [5.74, 6) is 0.725. The van der Waals surface area contributed by atoms with Crippen molar-refractivity contribution in [1.82, 2.24) is 20.3 Å². The number of hydrogen-bond donors (Lipinski definition) is 1. The van der Waals surface area contributed by atoms with Gasteiger partial charge in [0.05, 0.1) is 12.3 Å². The van der Waals surface area contributed by atoms with Crippen LogP contribution in [0, 0.1) is 0 Å². The number of aromatic nitrogens is 3. The molecule has 0 spiro atoms. The molecule has 2 aromatic heterocycles. The van der Waals surface area contributed by atoms with E-state index in [1.165, 1.54) is 0 Å². The fourth-order valence-electron chi connectivity index (χ4n) is 1.53. The van der Waals surface area contributed by atoms with Crippen molar-refractivity contribution in [2.45, 2.75) is 6.54 Å². The largest absolute Gasteiger partial charge is 0.383 e. The highest BCUT2D eigenvalue weighted by Gasteiger charge is 2.01. The highest BCUT2D eigenvalue weighted by atomic mass is 16.5. The van der Waals surface area contributed by atoms with Gasteiger partial charge in [-0.1, -0.05) is 0 Å². The van der Waals surface area contributed by atoms with Crippen LogP contribution < -0.4 is 5.32 Å². The standard InChI is InChI=1S/C13H16N4O/c1-18-9-8-15-10-12-4-7-16-13(17-12)11-2-5-14-6-3-11/h2-7,15H,8-10H2,1H3. The lowest BCUT2D eigenvalue weighted by Crippen LogP contribution is -2.19. The molecule has 5 nitrogen and oxygen atoms in total. The highest BCUT2D eigenvalue weighted by molar-refractivity contribution is 5.53. The van der Waals surface area contributed by atoms with Crippen LogP contribution in [0.2, 0.25) is 0 Å². The predicted molar refractivity (Wildman–Crippen MR) is 68.8 cm³/mol. The first kappa shape index (κ1) is 12.6. The maximum atomic E-state index is 4.97. The normalized spacial score (nSPS) is 10.5. The molecule has 0 amide bonds. The average Bonchev–Trinajstić information content (AvgIpc) is 2.45. The zero-order valence-electron chi connectivity index (χ0n) is 10.3. The Morgan fingerprint density at radius 3 is 2.78 bits per heavy atom. The number of hydrogen-bond acceptors (Lipinski definition) is 5. The summed E-state index contributed by atoms with van der Waals surface area (Å²) in [5, 5.41) is 3.25. The molecule has 0 saturated carbocycles. The van der Waals surface area contributed by atoms with Crippen LogP contribution in [0.15, 0.2) is 36.8 Å². The minimum absolute atomic E-state index is 0.697. The van der Waals surface area contributed by atoms with Gasteiger partial charge in [0.25, 0.3) is 0 Å². The fraction of sp³-hybridized carbons (Fsp3) is 0.308. The summed E-state index contributed by atoms with van der Waals surface area (Å²) in [7, 11) is 1.69. The molecule has 0 aromatic carbocycles. The lowest BCUT2D eigenvalue weighted by Gasteiger charge is -2.05. The van der Waals surface area contributed by atoms with Crippen molar-refractivity contribution in [3.05, 3.63) is 42.5 Å². The van der Waals surface area contributed by atoms with Crippen LogP contribution >= 0.6 is 0 Å². The van der Waals surface area contributed by atoms with Crippen molar-refractivity contribution < 1.29 is 4.74 Å². The van der Waals surface area contributed by atoms with Gasteiger partial charge in [0.2, 0.25) is 0 Å². The Kier molecular flexibility index (Phi) is 4.75. The van der Waals surface area contributed by atoms with Crippen molar-refractivity contribution in [3.63, 3.8) is 0 Å². The maximum absolute atomic E-state index is 4.97. The molecule has 2 aromatic rings. The number of nitrogens with zero attached hydrogens (tertiary/aromatic N) is 3. The lowest BCUT2D eigenvalue weighted by molar-refractivity contribution is 0.199. The minimum Gasteiger partial charge on any atom is -0.383 e. The van der Waals surface area contributed by atoms with E-state index in [0.717, 1.165) is 23.6 Å². The molecule has 0 atom stereocenters. The third-order valence-corrected chi connectivity index (χ3v) is 2.44. The first-order valence-corrected chi connectivity index (χ1v) is 5.82. The van der Waals surface area contributed by atoms with Crippen molar-refractivity contribution in [2.75, 3.05) is 20.3 Å². The second-order valence-corrected chi connectivity index (χ2v) is 3.78. The average molecular weight is 244 g/mol. The van der Waals surface area contributed by atoms with Crippen LogP contribution in [0.4, 0.5) is 0 Å². The van der Waals surface area contributed by atoms with Crippen molar-refractivity contribution in [1.29, 1.82) is 0 Å². The summed E-state index contributed by atoms with van der Waals surface area (Å²) in [6.07, 6.45) is 5.25. The Balaban J connectivity index is 2.02. The SMILES string of the molecule is COCCNCc1ccnc(-c2ccncc2)n1. The molecule has 94 valence electrons. The van der Waals surface area contributed by atoms with E-state index in [0.29, 0.717) is 13.2 Å². The summed E-state index contributed by atoms with van der Waals surface area (Å²) >= 11 is 0. The second kappa shape index (κ2) is 6.78. The molecule has 0 unspecified atom stereocenters. The van der Waals surface area contributed by atoms with Gasteiger partial charge in [-0.15, -0.1) is 0 Å². The van der Waals surface area contributed by atoms with E-state index in [9.17, 15) is 0 Å². The molecule has 0 saturated heterocycles. The van der Waals surface area contributed by atoms with Gasteiger partial charge in [-0.05, 0) is 18.2 Å². The number of methoxy groups -OCH3 is 1. The topological polar surface area (TPSA) is 59.9 Å². The smallest absolute Gasteiger partial charge is 0.159 e. The molecule has 0 fully saturated rings. The van der Waals surface area contributed by atoms with Gasteiger partial charge < -0.3 is 10.1 Å². The molecule has 2 rings (SSSR count). The fourth-order valence-corrected chi connectivity index (χ4v) is 1.53. The first-order chi connectivity index (χ1) is 8.90. The van der Waals surface area contributed by atoms with Gasteiger partial charge >= 0.3 is 0 Å². The van der Waals surface area contributed by atoms with E-state index in [4.69, 9.17) is 4.74 Å². The third-order valence-electron chi connectivity index (χ3n) is 2.44. The van der Waals surface area contributed by atoms with E-state index in [-0.39, 0.29) is 0 Å². The van der Waals surface area contributed by atoms with Crippen molar-refractivity contribution >= 4 is 0 Å². The third kappa shape index (κ3) is 3.58. The van der Waals surface area contributed by atoms with Gasteiger partial charge in [-0.25, -0.2) is 9.97 Å². The van der Waals surface area contributed by atoms with Gasteiger partial charge in [0, 0.05) is 44.4 Å². The summed E-state index contributed by atoms with van der Waals surface area (Å²) < 4.78 is 4.97. The van der Waals surface area contributed by atoms with E-state index in [1.807, 2.05) is 18.2 Å². The van der Waals surface area contributed by atoms with Crippen molar-refractivity contribution in [3.8, 4) is 11.4 Å². The Hall–Kier alpha value is -1.85. The van der Waals surface area contributed by atoms with E-state index >= 15 is 0 Å². The minimum atomic E-state index is 0.697. The molecule has 18 heavy (non-hydrogen) atoms. The maximum Gasteiger partial charge on any atom is 0.159 e. The zero-order valence-corrected chi connectivity index (χ0v) is 10.3. The first-order valence-electron chi connectivity index (χ1n) is 5.82. The van der Waals surface area contributed by atoms with Crippen LogP contribution in [0.1, 0.15) is 5.69 Å². The molecule has 5 heteroatoms. The Morgan fingerprint density at radius 1 is 1.17 bits per heavy atom. The molecule has 0 aliphatic heterocycles. The van der Waals surface area contributed by atoms with E-state index in [1.54, 1.807) is 25.7 Å². The van der Waals surface area contributed by atoms with Gasteiger partial charge in [-0.3, -0.25) is 4.98 Å². The summed E-state index contributed by atoms with van der Waals surface area (Å²) in [5.41, 5.74) is 1.94. The number of nitrogens with one attached hydrogen (secondary N) is 1. The zero-order chi connectivity index (χ0) is 12.6. The second-order valence-electron chi connectivity index (χ2n) is 3.78. The number of ether oxygens (including phenoxy) is 1. The predicted octanol–water partition coefficient (Wildman–Crippen LogP) is 1.27. The van der Waals surface area contributed by atoms with Crippen LogP contribution in [0.25, 0.3) is 11.4 Å². The van der Waals surface area contributed by atoms with Gasteiger partial charge in [0.1, 0.15) is 0 Å². The number of rotatable bonds is 6. The van der Waals surface area contributed by atoms with Crippen LogP contribution in [-0.4, -0.2) is 35.2 Å². The highest BCUT2D eigenvalue weighted by Crippen LogP contribution is 2.12. The molecule has 0 aliphatic carbocycles. The van der Waals surface area contributed by atoms with Crippen LogP contribution in [0.5, 0.6) is 0 Å². The van der Waals surface area contributed by atoms with Gasteiger partial charge in [-0.2, -0.15) is 0 Å². The van der Waals surface area contributed by atoms with Crippen LogP contribution in [0.3, 0.4) is 0 Å². The molecular formula is C13H16N4O.